The monoisotopic (exact) mass is 530 g/mol. The predicted molar refractivity (Wildman–Crippen MR) is 159 cm³/mol. The minimum absolute atomic E-state index is 1.32. The van der Waals surface area contributed by atoms with Gasteiger partial charge in [0, 0.05) is 11.5 Å². The first kappa shape index (κ1) is 32.1. The van der Waals surface area contributed by atoms with Crippen LogP contribution in [0.3, 0.4) is 0 Å². The fraction of sp³-hybridized carbons (Fsp3) is 1.00. The summed E-state index contributed by atoms with van der Waals surface area (Å²) >= 11 is 0. The van der Waals surface area contributed by atoms with Crippen LogP contribution in [0.1, 0.15) is 142 Å². The van der Waals surface area contributed by atoms with Crippen molar-refractivity contribution in [3.8, 4) is 0 Å². The van der Waals surface area contributed by atoms with E-state index in [4.69, 9.17) is 0 Å². The Labute approximate surface area is 213 Å². The molecule has 0 bridgehead atoms. The van der Waals surface area contributed by atoms with Gasteiger partial charge in [0.15, 0.2) is 0 Å². The van der Waals surface area contributed by atoms with Gasteiger partial charge in [-0.2, -0.15) is 0 Å². The molecule has 0 aliphatic rings. The van der Waals surface area contributed by atoms with Crippen LogP contribution in [-0.4, -0.2) is 11.5 Å². The summed E-state index contributed by atoms with van der Waals surface area (Å²) in [6, 6.07) is 0. The molecule has 182 valence electrons. The highest BCUT2D eigenvalue weighted by atomic mass is 33.9. The Morgan fingerprint density at radius 2 is 0.567 bits per heavy atom. The molecule has 0 saturated carbocycles. The smallest absolute Gasteiger partial charge is 0.00454 e. The molecule has 0 nitrogen and oxygen atoms in total. The molecule has 0 heterocycles. The Morgan fingerprint density at radius 1 is 0.300 bits per heavy atom. The van der Waals surface area contributed by atoms with Gasteiger partial charge in [0.25, 0.3) is 0 Å². The molecule has 0 aromatic rings. The van der Waals surface area contributed by atoms with Crippen LogP contribution in [0.25, 0.3) is 0 Å². The fourth-order valence-electron chi connectivity index (χ4n) is 3.43. The molecule has 0 spiro atoms. The highest BCUT2D eigenvalue weighted by Crippen LogP contribution is 2.52. The molecule has 0 aliphatic carbocycles. The summed E-state index contributed by atoms with van der Waals surface area (Å²) in [5.74, 6) is 2.65. The molecule has 0 unspecified atom stereocenters. The average molecular weight is 531 g/mol. The summed E-state index contributed by atoms with van der Waals surface area (Å²) in [6.45, 7) is 4.59. The first-order chi connectivity index (χ1) is 14.9. The summed E-state index contributed by atoms with van der Waals surface area (Å²) < 4.78 is 0. The van der Waals surface area contributed by atoms with E-state index in [0.717, 1.165) is 0 Å². The highest BCUT2D eigenvalue weighted by Gasteiger charge is 1.98. The lowest BCUT2D eigenvalue weighted by atomic mass is 10.1. The second kappa shape index (κ2) is 31.1. The molecule has 0 atom stereocenters. The largest absolute Gasteiger partial charge is 0.0817 e. The Morgan fingerprint density at radius 3 is 0.867 bits per heavy atom. The van der Waals surface area contributed by atoms with E-state index in [0.29, 0.717) is 0 Å². The molecule has 0 fully saturated rings. The van der Waals surface area contributed by atoms with E-state index in [1.807, 2.05) is 39.3 Å². The zero-order valence-corrected chi connectivity index (χ0v) is 24.9. The Kier molecular flexibility index (Phi) is 33.3. The minimum Gasteiger partial charge on any atom is -0.0817 e. The summed E-state index contributed by atoms with van der Waals surface area (Å²) in [5.41, 5.74) is 0. The van der Waals surface area contributed by atoms with Crippen molar-refractivity contribution in [2.45, 2.75) is 142 Å². The van der Waals surface area contributed by atoms with Gasteiger partial charge in [-0.1, -0.05) is 151 Å². The Hall–Kier alpha value is 2.10. The standard InChI is InChI=1S/C24H50S6/c1-3-5-7-9-11-13-15-17-19-21-23-25-27-29-30-28-26-24-22-20-18-16-14-12-10-8-6-4-2/h3-24H2,1-2H3. The number of hydrogen-bond donors (Lipinski definition) is 0. The molecule has 0 aromatic heterocycles. The normalized spacial score (nSPS) is 11.4. The van der Waals surface area contributed by atoms with Crippen molar-refractivity contribution in [3.63, 3.8) is 0 Å². The maximum absolute atomic E-state index is 2.30. The summed E-state index contributed by atoms with van der Waals surface area (Å²) in [5, 5.41) is 0. The molecule has 30 heavy (non-hydrogen) atoms. The van der Waals surface area contributed by atoms with Crippen molar-refractivity contribution in [1.82, 2.24) is 0 Å². The van der Waals surface area contributed by atoms with E-state index >= 15 is 0 Å². The van der Waals surface area contributed by atoms with E-state index in [-0.39, 0.29) is 0 Å². The molecule has 0 rings (SSSR count). The Balaban J connectivity index is 2.97. The second-order valence-corrected chi connectivity index (χ2v) is 18.1. The maximum atomic E-state index is 2.30. The third kappa shape index (κ3) is 30.1. The van der Waals surface area contributed by atoms with Crippen LogP contribution in [0.5, 0.6) is 0 Å². The summed E-state index contributed by atoms with van der Waals surface area (Å²) in [4.78, 5) is 0. The van der Waals surface area contributed by atoms with Gasteiger partial charge in [-0.15, -0.1) is 0 Å². The van der Waals surface area contributed by atoms with Crippen LogP contribution in [0, 0.1) is 0 Å². The van der Waals surface area contributed by atoms with Crippen molar-refractivity contribution >= 4 is 60.9 Å². The van der Waals surface area contributed by atoms with Crippen molar-refractivity contribution in [2.24, 2.45) is 0 Å². The van der Waals surface area contributed by atoms with Gasteiger partial charge in [-0.05, 0) is 52.1 Å². The quantitative estimate of drug-likeness (QED) is 0.0759. The highest BCUT2D eigenvalue weighted by molar-refractivity contribution is 9.41. The lowest BCUT2D eigenvalue weighted by Crippen LogP contribution is -1.82. The van der Waals surface area contributed by atoms with Gasteiger partial charge in [0.05, 0.1) is 0 Å². The second-order valence-electron chi connectivity index (χ2n) is 8.28. The van der Waals surface area contributed by atoms with Crippen LogP contribution >= 0.6 is 60.9 Å². The number of hydrogen-bond acceptors (Lipinski definition) is 6. The Bertz CT molecular complexity index is 263. The van der Waals surface area contributed by atoms with Crippen molar-refractivity contribution in [3.05, 3.63) is 0 Å². The van der Waals surface area contributed by atoms with Gasteiger partial charge >= 0.3 is 0 Å². The molecule has 0 N–H and O–H groups in total. The van der Waals surface area contributed by atoms with Crippen LogP contribution < -0.4 is 0 Å². The molecular weight excluding hydrogens is 481 g/mol. The lowest BCUT2D eigenvalue weighted by Gasteiger charge is -2.03. The van der Waals surface area contributed by atoms with Crippen LogP contribution in [0.4, 0.5) is 0 Å². The van der Waals surface area contributed by atoms with Crippen molar-refractivity contribution in [1.29, 1.82) is 0 Å². The molecule has 0 saturated heterocycles. The average Bonchev–Trinajstić information content (AvgIpc) is 2.76. The molecule has 6 heteroatoms. The number of unbranched alkanes of at least 4 members (excludes halogenated alkanes) is 18. The van der Waals surface area contributed by atoms with E-state index in [1.54, 1.807) is 0 Å². The third-order valence-corrected chi connectivity index (χ3v) is 16.4. The third-order valence-electron chi connectivity index (χ3n) is 5.34. The van der Waals surface area contributed by atoms with E-state index in [9.17, 15) is 0 Å². The predicted octanol–water partition coefficient (Wildman–Crippen LogP) is 12.8. The molecular formula is C24H50S6. The van der Waals surface area contributed by atoms with Gasteiger partial charge in [-0.25, -0.2) is 0 Å². The van der Waals surface area contributed by atoms with E-state index in [2.05, 4.69) is 35.4 Å². The maximum Gasteiger partial charge on any atom is 0.00454 e. The van der Waals surface area contributed by atoms with Gasteiger partial charge < -0.3 is 0 Å². The zero-order chi connectivity index (χ0) is 21.8. The van der Waals surface area contributed by atoms with E-state index < -0.39 is 0 Å². The van der Waals surface area contributed by atoms with Gasteiger partial charge in [-0.3, -0.25) is 0 Å². The van der Waals surface area contributed by atoms with Gasteiger partial charge in [0.1, 0.15) is 0 Å². The van der Waals surface area contributed by atoms with Crippen molar-refractivity contribution < 1.29 is 0 Å². The van der Waals surface area contributed by atoms with Crippen LogP contribution in [-0.2, 0) is 0 Å². The van der Waals surface area contributed by atoms with Crippen molar-refractivity contribution in [2.75, 3.05) is 11.5 Å². The van der Waals surface area contributed by atoms with Gasteiger partial charge in [0.2, 0.25) is 0 Å². The first-order valence-electron chi connectivity index (χ1n) is 12.8. The zero-order valence-electron chi connectivity index (χ0n) is 20.0. The molecule has 0 aliphatic heterocycles. The molecule has 0 aromatic carbocycles. The lowest BCUT2D eigenvalue weighted by molar-refractivity contribution is 0.563. The molecule has 0 amide bonds. The van der Waals surface area contributed by atoms with Crippen LogP contribution in [0.15, 0.2) is 0 Å². The summed E-state index contributed by atoms with van der Waals surface area (Å²) in [6.07, 6.45) is 28.8. The molecule has 0 radical (unpaired) electrons. The summed E-state index contributed by atoms with van der Waals surface area (Å²) in [7, 11) is 12.0. The van der Waals surface area contributed by atoms with Crippen LogP contribution in [0.2, 0.25) is 0 Å². The van der Waals surface area contributed by atoms with E-state index in [1.165, 1.54) is 140 Å². The first-order valence-corrected chi connectivity index (χ1v) is 20.6. The SMILES string of the molecule is CCCCCCCCCCCCSSSSSSCCCCCCCCCCCC. The topological polar surface area (TPSA) is 0 Å². The fourth-order valence-corrected chi connectivity index (χ4v) is 15.2. The number of rotatable bonds is 27. The minimum atomic E-state index is 1.32.